The van der Waals surface area contributed by atoms with Crippen LogP contribution in [0.1, 0.15) is 26.2 Å². The Hall–Kier alpha value is -1.27. The van der Waals surface area contributed by atoms with Gasteiger partial charge in [0.2, 0.25) is 10.0 Å². The van der Waals surface area contributed by atoms with Gasteiger partial charge in [-0.1, -0.05) is 25.0 Å². The molecule has 1 aromatic rings. The Morgan fingerprint density at radius 3 is 2.75 bits per heavy atom. The van der Waals surface area contributed by atoms with Gasteiger partial charge < -0.3 is 10.5 Å². The van der Waals surface area contributed by atoms with Gasteiger partial charge in [-0.25, -0.2) is 13.1 Å². The van der Waals surface area contributed by atoms with E-state index in [9.17, 15) is 8.42 Å². The van der Waals surface area contributed by atoms with Gasteiger partial charge in [0, 0.05) is 6.04 Å². The molecule has 0 heterocycles. The van der Waals surface area contributed by atoms with E-state index in [0.717, 1.165) is 6.42 Å². The van der Waals surface area contributed by atoms with Crippen molar-refractivity contribution < 1.29 is 13.2 Å². The van der Waals surface area contributed by atoms with Crippen LogP contribution in [0.2, 0.25) is 0 Å². The van der Waals surface area contributed by atoms with Crippen LogP contribution in [0.15, 0.2) is 24.3 Å². The van der Waals surface area contributed by atoms with Gasteiger partial charge in [0.1, 0.15) is 12.4 Å². The second-order valence-corrected chi connectivity index (χ2v) is 7.28. The fraction of sp³-hybridized carbons (Fsp3) is 0.571. The van der Waals surface area contributed by atoms with Gasteiger partial charge in [-0.05, 0) is 31.4 Å². The van der Waals surface area contributed by atoms with Crippen molar-refractivity contribution in [3.63, 3.8) is 0 Å². The molecule has 20 heavy (non-hydrogen) atoms. The molecule has 1 aliphatic carbocycles. The predicted octanol–water partition coefficient (Wildman–Crippen LogP) is 1.76. The van der Waals surface area contributed by atoms with Crippen molar-refractivity contribution in [2.75, 3.05) is 18.1 Å². The zero-order valence-electron chi connectivity index (χ0n) is 11.7. The number of hydrogen-bond donors (Lipinski definition) is 2. The Morgan fingerprint density at radius 2 is 2.10 bits per heavy atom. The largest absolute Gasteiger partial charge is 0.490 e. The third-order valence-electron chi connectivity index (χ3n) is 3.29. The third-order valence-corrected chi connectivity index (χ3v) is 4.76. The van der Waals surface area contributed by atoms with Gasteiger partial charge in [0.05, 0.1) is 11.4 Å². The van der Waals surface area contributed by atoms with Gasteiger partial charge in [-0.2, -0.15) is 0 Å². The number of nitrogen functional groups attached to an aromatic ring is 1. The summed E-state index contributed by atoms with van der Waals surface area (Å²) in [5.74, 6) is 1.16. The highest BCUT2D eigenvalue weighted by atomic mass is 32.2. The molecule has 0 amide bonds. The monoisotopic (exact) mass is 298 g/mol. The zero-order valence-corrected chi connectivity index (χ0v) is 12.5. The lowest BCUT2D eigenvalue weighted by molar-refractivity contribution is 0.341. The predicted molar refractivity (Wildman–Crippen MR) is 80.1 cm³/mol. The normalized spacial score (nSPS) is 16.9. The Bertz CT molecular complexity index is 541. The van der Waals surface area contributed by atoms with Gasteiger partial charge in [-0.15, -0.1) is 0 Å². The SMILES string of the molecule is CC(CC1CC1)NS(=O)(=O)CCOc1ccccc1N. The van der Waals surface area contributed by atoms with Crippen LogP contribution in [0.5, 0.6) is 5.75 Å². The summed E-state index contributed by atoms with van der Waals surface area (Å²) in [6, 6.07) is 7.05. The first-order valence-electron chi connectivity index (χ1n) is 6.93. The molecular formula is C14H22N2O3S. The smallest absolute Gasteiger partial charge is 0.215 e. The molecule has 112 valence electrons. The van der Waals surface area contributed by atoms with E-state index < -0.39 is 10.0 Å². The first kappa shape index (κ1) is 15.1. The summed E-state index contributed by atoms with van der Waals surface area (Å²) in [7, 11) is -3.30. The van der Waals surface area contributed by atoms with E-state index in [1.807, 2.05) is 6.92 Å². The topological polar surface area (TPSA) is 81.4 Å². The highest BCUT2D eigenvalue weighted by Gasteiger charge is 2.25. The number of benzene rings is 1. The number of nitrogens with two attached hydrogens (primary N) is 1. The minimum absolute atomic E-state index is 0.00528. The lowest BCUT2D eigenvalue weighted by atomic mass is 10.2. The van der Waals surface area contributed by atoms with Gasteiger partial charge in [-0.3, -0.25) is 0 Å². The van der Waals surface area contributed by atoms with Crippen molar-refractivity contribution in [3.8, 4) is 5.75 Å². The van der Waals surface area contributed by atoms with Crippen LogP contribution >= 0.6 is 0 Å². The van der Waals surface area contributed by atoms with Gasteiger partial charge in [0.25, 0.3) is 0 Å². The van der Waals surface area contributed by atoms with Gasteiger partial charge >= 0.3 is 0 Å². The molecule has 1 fully saturated rings. The molecule has 0 aliphatic heterocycles. The van der Waals surface area contributed by atoms with Gasteiger partial charge in [0.15, 0.2) is 0 Å². The maximum atomic E-state index is 11.9. The van der Waals surface area contributed by atoms with Crippen molar-refractivity contribution in [1.29, 1.82) is 0 Å². The van der Waals surface area contributed by atoms with Crippen molar-refractivity contribution >= 4 is 15.7 Å². The molecule has 0 spiro atoms. The molecule has 3 N–H and O–H groups in total. The molecule has 1 aromatic carbocycles. The summed E-state index contributed by atoms with van der Waals surface area (Å²) in [6.45, 7) is 2.01. The lowest BCUT2D eigenvalue weighted by Crippen LogP contribution is -2.36. The molecular weight excluding hydrogens is 276 g/mol. The maximum Gasteiger partial charge on any atom is 0.215 e. The van der Waals surface area contributed by atoms with Crippen LogP contribution in [-0.2, 0) is 10.0 Å². The van der Waals surface area contributed by atoms with Crippen molar-refractivity contribution in [2.24, 2.45) is 5.92 Å². The fourth-order valence-electron chi connectivity index (χ4n) is 2.14. The number of para-hydroxylation sites is 2. The minimum Gasteiger partial charge on any atom is -0.490 e. The van der Waals surface area contributed by atoms with E-state index in [4.69, 9.17) is 10.5 Å². The third kappa shape index (κ3) is 5.02. The second kappa shape index (κ2) is 6.45. The van der Waals surface area contributed by atoms with Crippen LogP contribution in [0, 0.1) is 5.92 Å². The van der Waals surface area contributed by atoms with E-state index in [1.54, 1.807) is 24.3 Å². The quantitative estimate of drug-likeness (QED) is 0.716. The molecule has 1 atom stereocenters. The molecule has 1 aliphatic rings. The Kier molecular flexibility index (Phi) is 4.88. The molecule has 1 saturated carbocycles. The zero-order chi connectivity index (χ0) is 14.6. The molecule has 0 radical (unpaired) electrons. The molecule has 0 bridgehead atoms. The average Bonchev–Trinajstić information content (AvgIpc) is 3.14. The first-order valence-corrected chi connectivity index (χ1v) is 8.59. The van der Waals surface area contributed by atoms with Crippen LogP contribution < -0.4 is 15.2 Å². The molecule has 6 heteroatoms. The number of hydrogen-bond acceptors (Lipinski definition) is 4. The molecule has 0 saturated heterocycles. The summed E-state index contributed by atoms with van der Waals surface area (Å²) >= 11 is 0. The first-order chi connectivity index (χ1) is 9.46. The number of ether oxygens (including phenoxy) is 1. The molecule has 1 unspecified atom stereocenters. The Balaban J connectivity index is 1.75. The standard InChI is InChI=1S/C14H22N2O3S/c1-11(10-12-6-7-12)16-20(17,18)9-8-19-14-5-3-2-4-13(14)15/h2-5,11-12,16H,6-10,15H2,1H3. The highest BCUT2D eigenvalue weighted by Crippen LogP contribution is 2.33. The second-order valence-electron chi connectivity index (χ2n) is 5.40. The fourth-order valence-corrected chi connectivity index (χ4v) is 3.27. The molecule has 5 nitrogen and oxygen atoms in total. The van der Waals surface area contributed by atoms with Crippen molar-refractivity contribution in [1.82, 2.24) is 4.72 Å². The van der Waals surface area contributed by atoms with E-state index in [1.165, 1.54) is 12.8 Å². The average molecular weight is 298 g/mol. The number of anilines is 1. The summed E-state index contributed by atoms with van der Waals surface area (Å²) < 4.78 is 31.9. The van der Waals surface area contributed by atoms with E-state index in [2.05, 4.69) is 4.72 Å². The molecule has 0 aromatic heterocycles. The lowest BCUT2D eigenvalue weighted by Gasteiger charge is -2.14. The van der Waals surface area contributed by atoms with E-state index >= 15 is 0 Å². The van der Waals surface area contributed by atoms with Crippen LogP contribution in [-0.4, -0.2) is 26.8 Å². The van der Waals surface area contributed by atoms with Crippen LogP contribution in [0.3, 0.4) is 0 Å². The number of nitrogens with one attached hydrogen (secondary N) is 1. The van der Waals surface area contributed by atoms with Crippen LogP contribution in [0.25, 0.3) is 0 Å². The number of rotatable bonds is 8. The maximum absolute atomic E-state index is 11.9. The number of sulfonamides is 1. The summed E-state index contributed by atoms with van der Waals surface area (Å²) in [6.07, 6.45) is 3.37. The highest BCUT2D eigenvalue weighted by molar-refractivity contribution is 7.89. The minimum atomic E-state index is -3.30. The summed E-state index contributed by atoms with van der Waals surface area (Å²) in [5, 5.41) is 0. The van der Waals surface area contributed by atoms with Crippen molar-refractivity contribution in [3.05, 3.63) is 24.3 Å². The summed E-state index contributed by atoms with van der Waals surface area (Å²) in [4.78, 5) is 0. The molecule has 2 rings (SSSR count). The van der Waals surface area contributed by atoms with Crippen LogP contribution in [0.4, 0.5) is 5.69 Å². The van der Waals surface area contributed by atoms with Crippen molar-refractivity contribution in [2.45, 2.75) is 32.2 Å². The Morgan fingerprint density at radius 1 is 1.40 bits per heavy atom. The van der Waals surface area contributed by atoms with E-state index in [-0.39, 0.29) is 18.4 Å². The van der Waals surface area contributed by atoms with E-state index in [0.29, 0.717) is 17.4 Å². The Labute approximate surface area is 120 Å². The summed E-state index contributed by atoms with van der Waals surface area (Å²) in [5.41, 5.74) is 6.24.